The van der Waals surface area contributed by atoms with E-state index in [-0.39, 0.29) is 22.6 Å². The molecule has 7 nitrogen and oxygen atoms in total. The van der Waals surface area contributed by atoms with E-state index < -0.39 is 5.91 Å². The molecule has 1 heterocycles. The summed E-state index contributed by atoms with van der Waals surface area (Å²) in [5, 5.41) is 7.11. The van der Waals surface area contributed by atoms with Gasteiger partial charge in [0.2, 0.25) is 5.82 Å². The van der Waals surface area contributed by atoms with E-state index in [9.17, 15) is 14.0 Å². The van der Waals surface area contributed by atoms with E-state index in [0.29, 0.717) is 35.9 Å². The van der Waals surface area contributed by atoms with Crippen molar-refractivity contribution < 1.29 is 14.0 Å². The summed E-state index contributed by atoms with van der Waals surface area (Å²) >= 11 is 6.27. The van der Waals surface area contributed by atoms with Crippen LogP contribution in [0.25, 0.3) is 5.69 Å². The first-order valence-electron chi connectivity index (χ1n) is 9.43. The van der Waals surface area contributed by atoms with Crippen LogP contribution in [0, 0.1) is 12.7 Å². The van der Waals surface area contributed by atoms with Crippen molar-refractivity contribution in [3.8, 4) is 5.69 Å². The zero-order chi connectivity index (χ0) is 21.8. The number of nitrogens with one attached hydrogen (secondary N) is 1. The lowest BCUT2D eigenvalue weighted by Crippen LogP contribution is -2.30. The van der Waals surface area contributed by atoms with Gasteiger partial charge in [0.25, 0.3) is 11.8 Å². The van der Waals surface area contributed by atoms with Gasteiger partial charge in [-0.3, -0.25) is 9.59 Å². The minimum Gasteiger partial charge on any atom is -0.339 e. The lowest BCUT2D eigenvalue weighted by atomic mass is 10.1. The van der Waals surface area contributed by atoms with Crippen molar-refractivity contribution in [1.82, 2.24) is 19.7 Å². The van der Waals surface area contributed by atoms with E-state index in [0.717, 1.165) is 0 Å². The Morgan fingerprint density at radius 2 is 1.80 bits per heavy atom. The summed E-state index contributed by atoms with van der Waals surface area (Å²) in [5.74, 6) is -0.633. The quantitative estimate of drug-likeness (QED) is 0.639. The van der Waals surface area contributed by atoms with Crippen LogP contribution in [0.4, 0.5) is 10.1 Å². The topological polar surface area (TPSA) is 80.1 Å². The molecule has 0 fully saturated rings. The Morgan fingerprint density at radius 3 is 2.40 bits per heavy atom. The van der Waals surface area contributed by atoms with E-state index in [2.05, 4.69) is 15.4 Å². The van der Waals surface area contributed by atoms with Gasteiger partial charge in [-0.1, -0.05) is 11.6 Å². The molecule has 3 rings (SSSR count). The summed E-state index contributed by atoms with van der Waals surface area (Å²) in [6.45, 7) is 6.63. The molecule has 0 saturated heterocycles. The second-order valence-corrected chi connectivity index (χ2v) is 6.90. The van der Waals surface area contributed by atoms with Gasteiger partial charge in [0, 0.05) is 18.8 Å². The third kappa shape index (κ3) is 4.49. The number of benzene rings is 2. The summed E-state index contributed by atoms with van der Waals surface area (Å²) in [5.41, 5.74) is 1.37. The molecule has 0 radical (unpaired) electrons. The van der Waals surface area contributed by atoms with Gasteiger partial charge in [-0.05, 0) is 63.2 Å². The monoisotopic (exact) mass is 429 g/mol. The van der Waals surface area contributed by atoms with Gasteiger partial charge in [-0.2, -0.15) is 0 Å². The third-order valence-corrected chi connectivity index (χ3v) is 4.86. The molecular weight excluding hydrogens is 409 g/mol. The molecule has 0 saturated carbocycles. The fourth-order valence-corrected chi connectivity index (χ4v) is 3.21. The molecule has 1 aromatic heterocycles. The molecule has 0 unspecified atom stereocenters. The number of amides is 2. The lowest BCUT2D eigenvalue weighted by Gasteiger charge is -2.19. The minimum atomic E-state index is -0.530. The van der Waals surface area contributed by atoms with Crippen molar-refractivity contribution in [2.24, 2.45) is 0 Å². The lowest BCUT2D eigenvalue weighted by molar-refractivity contribution is 0.0773. The maximum absolute atomic E-state index is 13.1. The van der Waals surface area contributed by atoms with Crippen molar-refractivity contribution in [3.63, 3.8) is 0 Å². The molecule has 0 aliphatic carbocycles. The standard InChI is InChI=1S/C21H21ClFN5O2/c1-4-27(5-2)21(30)17-11-8-15(12-18(17)22)25-20(29)19-24-13(3)28(26-19)16-9-6-14(23)7-10-16/h6-12H,4-5H2,1-3H3,(H,25,29). The zero-order valence-corrected chi connectivity index (χ0v) is 17.6. The van der Waals surface area contributed by atoms with E-state index in [4.69, 9.17) is 11.6 Å². The Balaban J connectivity index is 1.78. The first-order chi connectivity index (χ1) is 14.3. The Morgan fingerprint density at radius 1 is 1.13 bits per heavy atom. The summed E-state index contributed by atoms with van der Waals surface area (Å²) in [4.78, 5) is 30.9. The van der Waals surface area contributed by atoms with Crippen LogP contribution in [0.2, 0.25) is 5.02 Å². The normalized spacial score (nSPS) is 10.7. The van der Waals surface area contributed by atoms with Crippen LogP contribution in [-0.4, -0.2) is 44.6 Å². The van der Waals surface area contributed by atoms with Crippen LogP contribution in [0.15, 0.2) is 42.5 Å². The number of carbonyl (C=O) groups excluding carboxylic acids is 2. The zero-order valence-electron chi connectivity index (χ0n) is 16.8. The fourth-order valence-electron chi connectivity index (χ4n) is 2.95. The molecule has 0 aliphatic rings. The van der Waals surface area contributed by atoms with Crippen LogP contribution in [0.5, 0.6) is 0 Å². The van der Waals surface area contributed by atoms with E-state index in [1.54, 1.807) is 36.1 Å². The maximum Gasteiger partial charge on any atom is 0.295 e. The third-order valence-electron chi connectivity index (χ3n) is 4.55. The second-order valence-electron chi connectivity index (χ2n) is 6.50. The van der Waals surface area contributed by atoms with Crippen LogP contribution in [0.1, 0.15) is 40.6 Å². The van der Waals surface area contributed by atoms with Crippen molar-refractivity contribution >= 4 is 29.1 Å². The first kappa shape index (κ1) is 21.4. The second kappa shape index (κ2) is 9.04. The van der Waals surface area contributed by atoms with Gasteiger partial charge in [-0.25, -0.2) is 14.1 Å². The number of hydrogen-bond acceptors (Lipinski definition) is 4. The summed E-state index contributed by atoms with van der Waals surface area (Å²) < 4.78 is 14.6. The van der Waals surface area contributed by atoms with Gasteiger partial charge in [0.15, 0.2) is 0 Å². The Labute approximate surface area is 178 Å². The van der Waals surface area contributed by atoms with Crippen LogP contribution < -0.4 is 5.32 Å². The summed E-state index contributed by atoms with van der Waals surface area (Å²) in [6, 6.07) is 10.4. The summed E-state index contributed by atoms with van der Waals surface area (Å²) in [6.07, 6.45) is 0. The predicted octanol–water partition coefficient (Wildman–Crippen LogP) is 4.10. The van der Waals surface area contributed by atoms with E-state index >= 15 is 0 Å². The number of anilines is 1. The van der Waals surface area contributed by atoms with E-state index in [1.807, 2.05) is 13.8 Å². The Bertz CT molecular complexity index is 1080. The molecule has 0 atom stereocenters. The smallest absolute Gasteiger partial charge is 0.295 e. The van der Waals surface area contributed by atoms with Crippen molar-refractivity contribution in [2.45, 2.75) is 20.8 Å². The fraction of sp³-hybridized carbons (Fsp3) is 0.238. The molecule has 156 valence electrons. The number of hydrogen-bond donors (Lipinski definition) is 1. The minimum absolute atomic E-state index is 0.0451. The van der Waals surface area contributed by atoms with Gasteiger partial charge in [-0.15, -0.1) is 5.10 Å². The average Bonchev–Trinajstić information content (AvgIpc) is 3.11. The molecule has 9 heteroatoms. The van der Waals surface area contributed by atoms with Crippen molar-refractivity contribution in [2.75, 3.05) is 18.4 Å². The molecule has 0 spiro atoms. The molecule has 3 aromatic rings. The highest BCUT2D eigenvalue weighted by molar-refractivity contribution is 6.34. The first-order valence-corrected chi connectivity index (χ1v) is 9.81. The largest absolute Gasteiger partial charge is 0.339 e. The molecule has 1 N–H and O–H groups in total. The van der Waals surface area contributed by atoms with Gasteiger partial charge in [0.05, 0.1) is 16.3 Å². The highest BCUT2D eigenvalue weighted by Crippen LogP contribution is 2.23. The molecular formula is C21H21ClFN5O2. The highest BCUT2D eigenvalue weighted by Gasteiger charge is 2.19. The molecule has 0 bridgehead atoms. The number of aromatic nitrogens is 3. The number of aryl methyl sites for hydroxylation is 1. The highest BCUT2D eigenvalue weighted by atomic mass is 35.5. The number of carbonyl (C=O) groups is 2. The van der Waals surface area contributed by atoms with Crippen molar-refractivity contribution in [3.05, 3.63) is 70.5 Å². The molecule has 0 aliphatic heterocycles. The number of rotatable bonds is 6. The molecule has 2 aromatic carbocycles. The van der Waals surface area contributed by atoms with Crippen LogP contribution >= 0.6 is 11.6 Å². The van der Waals surface area contributed by atoms with E-state index in [1.165, 1.54) is 22.9 Å². The van der Waals surface area contributed by atoms with Crippen LogP contribution in [0.3, 0.4) is 0 Å². The number of halogens is 2. The molecule has 30 heavy (non-hydrogen) atoms. The molecule has 2 amide bonds. The maximum atomic E-state index is 13.1. The van der Waals surface area contributed by atoms with Gasteiger partial charge >= 0.3 is 0 Å². The van der Waals surface area contributed by atoms with Gasteiger partial charge in [0.1, 0.15) is 11.6 Å². The Kier molecular flexibility index (Phi) is 6.47. The number of nitrogens with zero attached hydrogens (tertiary/aromatic N) is 4. The Hall–Kier alpha value is -3.26. The summed E-state index contributed by atoms with van der Waals surface area (Å²) in [7, 11) is 0. The predicted molar refractivity (Wildman–Crippen MR) is 113 cm³/mol. The van der Waals surface area contributed by atoms with Gasteiger partial charge < -0.3 is 10.2 Å². The SMILES string of the molecule is CCN(CC)C(=O)c1ccc(NC(=O)c2nc(C)n(-c3ccc(F)cc3)n2)cc1Cl. The average molecular weight is 430 g/mol. The van der Waals surface area contributed by atoms with Crippen LogP contribution in [-0.2, 0) is 0 Å². The van der Waals surface area contributed by atoms with Crippen molar-refractivity contribution in [1.29, 1.82) is 0 Å².